The Labute approximate surface area is 212 Å². The van der Waals surface area contributed by atoms with Crippen LogP contribution in [-0.4, -0.2) is 38.4 Å². The fraction of sp³-hybridized carbons (Fsp3) is 0.370. The second kappa shape index (κ2) is 11.7. The molecule has 3 aromatic rings. The Bertz CT molecular complexity index is 1270. The number of methoxy groups -OCH3 is 1. The van der Waals surface area contributed by atoms with Gasteiger partial charge < -0.3 is 15.2 Å². The molecule has 0 atom stereocenters. The number of aryl methyl sites for hydroxylation is 1. The third-order valence-electron chi connectivity index (χ3n) is 4.75. The molecule has 0 spiro atoms. The molecule has 0 fully saturated rings. The van der Waals surface area contributed by atoms with Crippen molar-refractivity contribution in [2.75, 3.05) is 12.8 Å². The average Bonchev–Trinajstić information content (AvgIpc) is 3.35. The van der Waals surface area contributed by atoms with Crippen LogP contribution in [0.5, 0.6) is 5.75 Å². The zero-order valence-electron chi connectivity index (χ0n) is 22.3. The van der Waals surface area contributed by atoms with E-state index in [0.717, 1.165) is 4.68 Å². The highest BCUT2D eigenvalue weighted by Gasteiger charge is 2.25. The van der Waals surface area contributed by atoms with Crippen molar-refractivity contribution in [3.05, 3.63) is 53.7 Å². The minimum atomic E-state index is -0.720. The summed E-state index contributed by atoms with van der Waals surface area (Å²) in [5, 5.41) is 8.70. The number of carbonyl (C=O) groups is 1. The van der Waals surface area contributed by atoms with Gasteiger partial charge in [0.15, 0.2) is 0 Å². The predicted molar refractivity (Wildman–Crippen MR) is 143 cm³/mol. The van der Waals surface area contributed by atoms with E-state index in [-0.39, 0.29) is 11.3 Å². The quantitative estimate of drug-likeness (QED) is 0.409. The second-order valence-electron chi connectivity index (χ2n) is 9.26. The van der Waals surface area contributed by atoms with Gasteiger partial charge in [0.25, 0.3) is 0 Å². The SMILES string of the molecule is C=Cc1c(/C=C(\C)c2c(F)cc(N)cc2OC)c(-c2cnn(C)c2)nn1C(=O)OC(C)(C)C.CCC. The number of nitrogens with zero attached hydrogens (tertiary/aromatic N) is 4. The third kappa shape index (κ3) is 6.62. The fourth-order valence-corrected chi connectivity index (χ4v) is 3.42. The Balaban J connectivity index is 0.00000145. The Morgan fingerprint density at radius 2 is 1.92 bits per heavy atom. The molecule has 194 valence electrons. The van der Waals surface area contributed by atoms with E-state index in [1.54, 1.807) is 64.0 Å². The van der Waals surface area contributed by atoms with Crippen molar-refractivity contribution in [1.29, 1.82) is 0 Å². The van der Waals surface area contributed by atoms with Crippen molar-refractivity contribution in [3.63, 3.8) is 0 Å². The first-order chi connectivity index (χ1) is 16.9. The third-order valence-corrected chi connectivity index (χ3v) is 4.75. The predicted octanol–water partition coefficient (Wildman–Crippen LogP) is 6.42. The minimum absolute atomic E-state index is 0.251. The summed E-state index contributed by atoms with van der Waals surface area (Å²) < 4.78 is 28.5. The second-order valence-corrected chi connectivity index (χ2v) is 9.26. The van der Waals surface area contributed by atoms with Gasteiger partial charge in [-0.2, -0.15) is 14.9 Å². The van der Waals surface area contributed by atoms with E-state index in [9.17, 15) is 9.18 Å². The monoisotopic (exact) mass is 497 g/mol. The number of halogens is 1. The maximum atomic E-state index is 14.9. The summed E-state index contributed by atoms with van der Waals surface area (Å²) in [5.74, 6) is -0.230. The summed E-state index contributed by atoms with van der Waals surface area (Å²) in [6.45, 7) is 15.1. The van der Waals surface area contributed by atoms with E-state index in [1.165, 1.54) is 25.7 Å². The number of nitrogen functional groups attached to an aromatic ring is 1. The van der Waals surface area contributed by atoms with Gasteiger partial charge in [0.05, 0.1) is 24.6 Å². The molecule has 0 aliphatic rings. The summed E-state index contributed by atoms with van der Waals surface area (Å²) in [6, 6.07) is 2.78. The molecule has 0 radical (unpaired) electrons. The summed E-state index contributed by atoms with van der Waals surface area (Å²) >= 11 is 0. The van der Waals surface area contributed by atoms with Crippen LogP contribution in [0.15, 0.2) is 31.1 Å². The van der Waals surface area contributed by atoms with Crippen molar-refractivity contribution in [3.8, 4) is 17.0 Å². The molecule has 0 aliphatic carbocycles. The van der Waals surface area contributed by atoms with Gasteiger partial charge in [-0.3, -0.25) is 4.68 Å². The standard InChI is InChI=1S/C24H28FN5O3.C3H8/c1-8-19-17(9-14(2)21-18(25)10-16(26)11-20(21)32-7)22(15-12-27-29(6)13-15)28-30(19)23(31)33-24(3,4)5;1-3-2/h8-13H,1,26H2,2-7H3;3H2,1-2H3/b14-9+;. The van der Waals surface area contributed by atoms with Gasteiger partial charge in [-0.05, 0) is 51.5 Å². The molecule has 0 aliphatic heterocycles. The van der Waals surface area contributed by atoms with E-state index >= 15 is 0 Å². The number of hydrogen-bond donors (Lipinski definition) is 1. The van der Waals surface area contributed by atoms with Gasteiger partial charge in [0.1, 0.15) is 22.9 Å². The van der Waals surface area contributed by atoms with Gasteiger partial charge >= 0.3 is 6.09 Å². The molecule has 36 heavy (non-hydrogen) atoms. The normalized spacial score (nSPS) is 11.5. The average molecular weight is 498 g/mol. The van der Waals surface area contributed by atoms with Gasteiger partial charge in [-0.25, -0.2) is 9.18 Å². The molecule has 2 heterocycles. The summed E-state index contributed by atoms with van der Waals surface area (Å²) in [5.41, 5.74) is 8.19. The number of nitrogens with two attached hydrogens (primary N) is 1. The molecular formula is C27H36FN5O3. The summed E-state index contributed by atoms with van der Waals surface area (Å²) in [7, 11) is 3.22. The first-order valence-electron chi connectivity index (χ1n) is 11.7. The Hall–Kier alpha value is -3.88. The van der Waals surface area contributed by atoms with Gasteiger partial charge in [0, 0.05) is 36.1 Å². The number of hydrogen-bond acceptors (Lipinski definition) is 6. The van der Waals surface area contributed by atoms with Crippen LogP contribution < -0.4 is 10.5 Å². The zero-order chi connectivity index (χ0) is 27.2. The van der Waals surface area contributed by atoms with Gasteiger partial charge in [-0.1, -0.05) is 26.8 Å². The lowest BCUT2D eigenvalue weighted by Crippen LogP contribution is -2.28. The first kappa shape index (κ1) is 28.4. The van der Waals surface area contributed by atoms with Crippen LogP contribution in [0.2, 0.25) is 0 Å². The molecule has 2 N–H and O–H groups in total. The number of allylic oxidation sites excluding steroid dienone is 1. The Morgan fingerprint density at radius 3 is 2.42 bits per heavy atom. The Kier molecular flexibility index (Phi) is 9.22. The fourth-order valence-electron chi connectivity index (χ4n) is 3.42. The van der Waals surface area contributed by atoms with Gasteiger partial charge in [-0.15, -0.1) is 0 Å². The molecule has 8 nitrogen and oxygen atoms in total. The highest BCUT2D eigenvalue weighted by atomic mass is 19.1. The van der Waals surface area contributed by atoms with E-state index in [1.807, 2.05) is 0 Å². The summed E-state index contributed by atoms with van der Waals surface area (Å²) in [6.07, 6.45) is 7.23. The van der Waals surface area contributed by atoms with Crippen LogP contribution >= 0.6 is 0 Å². The molecule has 0 saturated heterocycles. The number of ether oxygens (including phenoxy) is 2. The molecule has 1 aromatic carbocycles. The number of carbonyl (C=O) groups excluding carboxylic acids is 1. The van der Waals surface area contributed by atoms with Crippen LogP contribution in [0.25, 0.3) is 29.0 Å². The molecule has 0 bridgehead atoms. The largest absolute Gasteiger partial charge is 0.496 e. The van der Waals surface area contributed by atoms with E-state index in [4.69, 9.17) is 15.2 Å². The summed E-state index contributed by atoms with van der Waals surface area (Å²) in [4.78, 5) is 12.9. The first-order valence-corrected chi connectivity index (χ1v) is 11.7. The molecular weight excluding hydrogens is 461 g/mol. The topological polar surface area (TPSA) is 97.2 Å². The van der Waals surface area contributed by atoms with Crippen LogP contribution in [0, 0.1) is 5.82 Å². The van der Waals surface area contributed by atoms with Crippen LogP contribution in [0.4, 0.5) is 14.9 Å². The van der Waals surface area contributed by atoms with Crippen molar-refractivity contribution >= 4 is 29.5 Å². The lowest BCUT2D eigenvalue weighted by atomic mass is 9.99. The van der Waals surface area contributed by atoms with Crippen LogP contribution in [0.1, 0.15) is 64.8 Å². The highest BCUT2D eigenvalue weighted by molar-refractivity contribution is 5.91. The number of anilines is 1. The van der Waals surface area contributed by atoms with Crippen molar-refractivity contribution in [2.24, 2.45) is 7.05 Å². The van der Waals surface area contributed by atoms with E-state index in [2.05, 4.69) is 30.6 Å². The smallest absolute Gasteiger partial charge is 0.435 e. The molecule has 2 aromatic heterocycles. The number of aromatic nitrogens is 4. The Morgan fingerprint density at radius 1 is 1.28 bits per heavy atom. The number of rotatable bonds is 5. The minimum Gasteiger partial charge on any atom is -0.496 e. The maximum absolute atomic E-state index is 14.9. The molecule has 0 saturated carbocycles. The van der Waals surface area contributed by atoms with E-state index in [0.29, 0.717) is 33.8 Å². The van der Waals surface area contributed by atoms with Crippen LogP contribution in [0.3, 0.4) is 0 Å². The lowest BCUT2D eigenvalue weighted by molar-refractivity contribution is 0.0514. The van der Waals surface area contributed by atoms with Gasteiger partial charge in [0.2, 0.25) is 0 Å². The highest BCUT2D eigenvalue weighted by Crippen LogP contribution is 2.35. The van der Waals surface area contributed by atoms with Crippen molar-refractivity contribution in [2.45, 2.75) is 53.6 Å². The van der Waals surface area contributed by atoms with Crippen LogP contribution in [-0.2, 0) is 11.8 Å². The molecule has 0 amide bonds. The zero-order valence-corrected chi connectivity index (χ0v) is 22.3. The van der Waals surface area contributed by atoms with E-state index < -0.39 is 17.5 Å². The van der Waals surface area contributed by atoms with Crippen molar-refractivity contribution < 1.29 is 18.7 Å². The maximum Gasteiger partial charge on any atom is 0.435 e. The molecule has 3 rings (SSSR count). The number of benzene rings is 1. The lowest BCUT2D eigenvalue weighted by Gasteiger charge is -2.19. The molecule has 9 heteroatoms. The molecule has 0 unspecified atom stereocenters. The van der Waals surface area contributed by atoms with Crippen molar-refractivity contribution in [1.82, 2.24) is 19.6 Å².